The number of ether oxygens (including phenoxy) is 1. The molecule has 0 radical (unpaired) electrons. The SMILES string of the molecule is O=C(NCc1ccccc1CS(=O)(=O)N1CCOCC1)C1CC=CCC1. The van der Waals surface area contributed by atoms with Crippen LogP contribution in [0.1, 0.15) is 30.4 Å². The van der Waals surface area contributed by atoms with Gasteiger partial charge in [0.25, 0.3) is 0 Å². The number of carbonyl (C=O) groups excluding carboxylic acids is 1. The Morgan fingerprint density at radius 3 is 2.58 bits per heavy atom. The van der Waals surface area contributed by atoms with Crippen molar-refractivity contribution in [1.82, 2.24) is 9.62 Å². The van der Waals surface area contributed by atoms with Crippen molar-refractivity contribution in [2.24, 2.45) is 5.92 Å². The molecule has 1 aliphatic carbocycles. The van der Waals surface area contributed by atoms with E-state index in [0.29, 0.717) is 32.8 Å². The minimum absolute atomic E-state index is 0.0178. The average Bonchev–Trinajstić information content (AvgIpc) is 2.68. The van der Waals surface area contributed by atoms with Gasteiger partial charge in [-0.3, -0.25) is 4.79 Å². The fourth-order valence-corrected chi connectivity index (χ4v) is 4.90. The van der Waals surface area contributed by atoms with Crippen LogP contribution in [-0.2, 0) is 31.9 Å². The first kappa shape index (κ1) is 19.1. The number of amides is 1. The van der Waals surface area contributed by atoms with Gasteiger partial charge in [-0.25, -0.2) is 8.42 Å². The number of rotatable bonds is 6. The molecule has 1 amide bonds. The summed E-state index contributed by atoms with van der Waals surface area (Å²) in [5.74, 6) is 0.00927. The van der Waals surface area contributed by atoms with Gasteiger partial charge in [0.05, 0.1) is 19.0 Å². The highest BCUT2D eigenvalue weighted by Crippen LogP contribution is 2.19. The third kappa shape index (κ3) is 4.93. The van der Waals surface area contributed by atoms with Crippen LogP contribution in [0.15, 0.2) is 36.4 Å². The molecule has 1 unspecified atom stereocenters. The van der Waals surface area contributed by atoms with E-state index in [1.165, 1.54) is 4.31 Å². The molecule has 0 spiro atoms. The summed E-state index contributed by atoms with van der Waals surface area (Å²) in [6.45, 7) is 2.03. The Balaban J connectivity index is 1.64. The van der Waals surface area contributed by atoms with Crippen LogP contribution in [0.5, 0.6) is 0 Å². The van der Waals surface area contributed by atoms with Gasteiger partial charge in [0.1, 0.15) is 0 Å². The summed E-state index contributed by atoms with van der Waals surface area (Å²) in [5.41, 5.74) is 1.59. The van der Waals surface area contributed by atoms with Crippen LogP contribution in [0.4, 0.5) is 0 Å². The molecule has 1 N–H and O–H groups in total. The van der Waals surface area contributed by atoms with Crippen molar-refractivity contribution in [3.63, 3.8) is 0 Å². The van der Waals surface area contributed by atoms with Crippen LogP contribution in [0, 0.1) is 5.92 Å². The molecular formula is C19H26N2O4S. The zero-order valence-electron chi connectivity index (χ0n) is 14.9. The maximum absolute atomic E-state index is 12.7. The summed E-state index contributed by atoms with van der Waals surface area (Å²) in [4.78, 5) is 12.3. The quantitative estimate of drug-likeness (QED) is 0.766. The van der Waals surface area contributed by atoms with Gasteiger partial charge in [0.2, 0.25) is 15.9 Å². The summed E-state index contributed by atoms with van der Waals surface area (Å²) in [6.07, 6.45) is 6.74. The van der Waals surface area contributed by atoms with Gasteiger partial charge in [-0.05, 0) is 30.4 Å². The predicted molar refractivity (Wildman–Crippen MR) is 99.8 cm³/mol. The number of nitrogens with one attached hydrogen (secondary N) is 1. The predicted octanol–water partition coefficient (Wildman–Crippen LogP) is 1.82. The third-order valence-electron chi connectivity index (χ3n) is 4.91. The summed E-state index contributed by atoms with van der Waals surface area (Å²) in [5, 5.41) is 2.97. The molecule has 1 heterocycles. The number of allylic oxidation sites excluding steroid dienone is 2. The van der Waals surface area contributed by atoms with Crippen molar-refractivity contribution >= 4 is 15.9 Å². The first-order valence-electron chi connectivity index (χ1n) is 9.11. The normalized spacial score (nSPS) is 21.5. The smallest absolute Gasteiger partial charge is 0.223 e. The maximum atomic E-state index is 12.7. The lowest BCUT2D eigenvalue weighted by Crippen LogP contribution is -2.41. The first-order valence-corrected chi connectivity index (χ1v) is 10.7. The van der Waals surface area contributed by atoms with E-state index in [0.717, 1.165) is 30.4 Å². The molecule has 0 saturated carbocycles. The lowest BCUT2D eigenvalue weighted by molar-refractivity contribution is -0.125. The van der Waals surface area contributed by atoms with Crippen molar-refractivity contribution in [3.8, 4) is 0 Å². The van der Waals surface area contributed by atoms with Crippen LogP contribution in [0.2, 0.25) is 0 Å². The molecule has 0 bridgehead atoms. The lowest BCUT2D eigenvalue weighted by atomic mass is 9.93. The molecule has 6 nitrogen and oxygen atoms in total. The van der Waals surface area contributed by atoms with E-state index in [9.17, 15) is 13.2 Å². The van der Waals surface area contributed by atoms with E-state index in [2.05, 4.69) is 17.5 Å². The largest absolute Gasteiger partial charge is 0.379 e. The van der Waals surface area contributed by atoms with Crippen LogP contribution < -0.4 is 5.32 Å². The van der Waals surface area contributed by atoms with Crippen molar-refractivity contribution in [3.05, 3.63) is 47.5 Å². The summed E-state index contributed by atoms with van der Waals surface area (Å²) >= 11 is 0. The number of nitrogens with zero attached hydrogens (tertiary/aromatic N) is 1. The first-order chi connectivity index (χ1) is 12.6. The van der Waals surface area contributed by atoms with E-state index in [1.54, 1.807) is 0 Å². The maximum Gasteiger partial charge on any atom is 0.223 e. The zero-order chi connectivity index (χ0) is 18.4. The molecule has 2 aliphatic rings. The Morgan fingerprint density at radius 2 is 1.88 bits per heavy atom. The van der Waals surface area contributed by atoms with Gasteiger partial charge in [-0.15, -0.1) is 0 Å². The van der Waals surface area contributed by atoms with Crippen molar-refractivity contribution < 1.29 is 17.9 Å². The van der Waals surface area contributed by atoms with Gasteiger partial charge in [0.15, 0.2) is 0 Å². The number of carbonyl (C=O) groups is 1. The van der Waals surface area contributed by atoms with E-state index < -0.39 is 10.0 Å². The van der Waals surface area contributed by atoms with Gasteiger partial charge >= 0.3 is 0 Å². The van der Waals surface area contributed by atoms with Gasteiger partial charge in [0, 0.05) is 25.6 Å². The molecule has 7 heteroatoms. The molecule has 26 heavy (non-hydrogen) atoms. The van der Waals surface area contributed by atoms with E-state index in [1.807, 2.05) is 24.3 Å². The molecule has 1 saturated heterocycles. The molecular weight excluding hydrogens is 352 g/mol. The van der Waals surface area contributed by atoms with E-state index >= 15 is 0 Å². The van der Waals surface area contributed by atoms with Gasteiger partial charge in [-0.2, -0.15) is 4.31 Å². The Morgan fingerprint density at radius 1 is 1.15 bits per heavy atom. The summed E-state index contributed by atoms with van der Waals surface area (Å²) in [7, 11) is -3.39. The Labute approximate surface area is 155 Å². The molecule has 3 rings (SSSR count). The topological polar surface area (TPSA) is 75.7 Å². The fraction of sp³-hybridized carbons (Fsp3) is 0.526. The van der Waals surface area contributed by atoms with Crippen LogP contribution in [-0.4, -0.2) is 44.9 Å². The molecule has 1 aromatic carbocycles. The summed E-state index contributed by atoms with van der Waals surface area (Å²) < 4.78 is 32.1. The Kier molecular flexibility index (Phi) is 6.45. The highest BCUT2D eigenvalue weighted by atomic mass is 32.2. The second-order valence-electron chi connectivity index (χ2n) is 6.74. The van der Waals surface area contributed by atoms with Crippen molar-refractivity contribution in [2.45, 2.75) is 31.6 Å². The Bertz CT molecular complexity index is 755. The van der Waals surface area contributed by atoms with Gasteiger partial charge in [-0.1, -0.05) is 36.4 Å². The number of hydrogen-bond donors (Lipinski definition) is 1. The number of benzene rings is 1. The van der Waals surface area contributed by atoms with Crippen molar-refractivity contribution in [1.29, 1.82) is 0 Å². The number of hydrogen-bond acceptors (Lipinski definition) is 4. The van der Waals surface area contributed by atoms with Crippen LogP contribution in [0.3, 0.4) is 0 Å². The standard InChI is InChI=1S/C19H26N2O4S/c22-19(16-6-2-1-3-7-16)20-14-17-8-4-5-9-18(17)15-26(23,24)21-10-12-25-13-11-21/h1-2,4-5,8-9,16H,3,6-7,10-15H2,(H,20,22). The van der Waals surface area contributed by atoms with Crippen LogP contribution >= 0.6 is 0 Å². The van der Waals surface area contributed by atoms with Crippen molar-refractivity contribution in [2.75, 3.05) is 26.3 Å². The Hall–Kier alpha value is -1.70. The molecule has 1 aromatic rings. The molecule has 1 fully saturated rings. The monoisotopic (exact) mass is 378 g/mol. The second-order valence-corrected chi connectivity index (χ2v) is 8.70. The number of morpholine rings is 1. The fourth-order valence-electron chi connectivity index (χ4n) is 3.34. The minimum Gasteiger partial charge on any atom is -0.379 e. The van der Waals surface area contributed by atoms with E-state index in [4.69, 9.17) is 4.74 Å². The molecule has 0 aromatic heterocycles. The molecule has 1 aliphatic heterocycles. The minimum atomic E-state index is -3.39. The zero-order valence-corrected chi connectivity index (χ0v) is 15.7. The second kappa shape index (κ2) is 8.79. The highest BCUT2D eigenvalue weighted by Gasteiger charge is 2.25. The summed E-state index contributed by atoms with van der Waals surface area (Å²) in [6, 6.07) is 7.41. The lowest BCUT2D eigenvalue weighted by Gasteiger charge is -2.26. The van der Waals surface area contributed by atoms with Gasteiger partial charge < -0.3 is 10.1 Å². The van der Waals surface area contributed by atoms with E-state index in [-0.39, 0.29) is 17.6 Å². The van der Waals surface area contributed by atoms with Crippen LogP contribution in [0.25, 0.3) is 0 Å². The highest BCUT2D eigenvalue weighted by molar-refractivity contribution is 7.88. The molecule has 142 valence electrons. The average molecular weight is 378 g/mol. The molecule has 1 atom stereocenters. The number of sulfonamides is 1. The third-order valence-corrected chi connectivity index (χ3v) is 6.74.